The van der Waals surface area contributed by atoms with Crippen molar-refractivity contribution in [2.45, 2.75) is 65.0 Å². The Morgan fingerprint density at radius 1 is 1.10 bits per heavy atom. The number of nitrogens with zero attached hydrogens (tertiary/aromatic N) is 5. The van der Waals surface area contributed by atoms with Gasteiger partial charge in [0.2, 0.25) is 5.91 Å². The summed E-state index contributed by atoms with van der Waals surface area (Å²) in [4.78, 5) is 22.3. The fourth-order valence-corrected chi connectivity index (χ4v) is 3.91. The number of halogens is 3. The molecule has 3 rings (SSSR count). The fourth-order valence-electron chi connectivity index (χ4n) is 3.91. The van der Waals surface area contributed by atoms with Crippen molar-refractivity contribution in [3.8, 4) is 0 Å². The van der Waals surface area contributed by atoms with Crippen LogP contribution >= 0.6 is 0 Å². The van der Waals surface area contributed by atoms with Crippen molar-refractivity contribution in [3.63, 3.8) is 0 Å². The first kappa shape index (κ1) is 22.5. The number of hydrogen-bond donors (Lipinski definition) is 1. The second-order valence-electron chi connectivity index (χ2n) is 7.87. The Balaban J connectivity index is 1.51. The highest BCUT2D eigenvalue weighted by Gasteiger charge is 2.36. The summed E-state index contributed by atoms with van der Waals surface area (Å²) in [5.74, 6) is -1.37. The summed E-state index contributed by atoms with van der Waals surface area (Å²) in [5.41, 5.74) is 1.81. The highest BCUT2D eigenvalue weighted by Crippen LogP contribution is 2.27. The van der Waals surface area contributed by atoms with E-state index in [-0.39, 0.29) is 18.1 Å². The second-order valence-corrected chi connectivity index (χ2v) is 7.87. The Hall–Kier alpha value is -2.23. The molecule has 0 atom stereocenters. The summed E-state index contributed by atoms with van der Waals surface area (Å²) in [5, 5.41) is 6.48. The van der Waals surface area contributed by atoms with Crippen LogP contribution in [0.3, 0.4) is 0 Å². The number of likely N-dealkylation sites (tertiary alicyclic amines) is 1. The van der Waals surface area contributed by atoms with Gasteiger partial charge in [0.15, 0.2) is 0 Å². The Morgan fingerprint density at radius 3 is 2.47 bits per heavy atom. The van der Waals surface area contributed by atoms with Crippen LogP contribution in [-0.4, -0.2) is 56.6 Å². The highest BCUT2D eigenvalue weighted by molar-refractivity contribution is 5.76. The summed E-state index contributed by atoms with van der Waals surface area (Å²) < 4.78 is 39.7. The largest absolute Gasteiger partial charge is 0.453 e. The van der Waals surface area contributed by atoms with Gasteiger partial charge in [-0.1, -0.05) is 12.8 Å². The second kappa shape index (κ2) is 9.72. The molecule has 3 heterocycles. The first-order valence-electron chi connectivity index (χ1n) is 10.5. The third kappa shape index (κ3) is 5.68. The Kier molecular flexibility index (Phi) is 7.27. The van der Waals surface area contributed by atoms with Crippen LogP contribution in [0.25, 0.3) is 5.78 Å². The van der Waals surface area contributed by atoms with E-state index in [1.165, 1.54) is 25.7 Å². The first-order chi connectivity index (χ1) is 14.3. The molecule has 1 aliphatic rings. The van der Waals surface area contributed by atoms with Crippen LogP contribution < -0.4 is 5.32 Å². The van der Waals surface area contributed by atoms with Crippen LogP contribution in [0.2, 0.25) is 0 Å². The third-order valence-corrected chi connectivity index (χ3v) is 5.58. The van der Waals surface area contributed by atoms with Gasteiger partial charge in [-0.05, 0) is 64.7 Å². The van der Waals surface area contributed by atoms with Gasteiger partial charge in [0.25, 0.3) is 11.6 Å². The summed E-state index contributed by atoms with van der Waals surface area (Å²) >= 11 is 0. The lowest BCUT2D eigenvalue weighted by Crippen LogP contribution is -2.30. The maximum absolute atomic E-state index is 12.9. The van der Waals surface area contributed by atoms with E-state index >= 15 is 0 Å². The van der Waals surface area contributed by atoms with E-state index < -0.39 is 12.0 Å². The molecule has 0 saturated carbocycles. The van der Waals surface area contributed by atoms with E-state index in [9.17, 15) is 18.0 Å². The van der Waals surface area contributed by atoms with Gasteiger partial charge in [-0.15, -0.1) is 5.10 Å². The molecule has 1 fully saturated rings. The number of aromatic nitrogens is 4. The molecule has 1 amide bonds. The topological polar surface area (TPSA) is 75.4 Å². The standard InChI is InChI=1S/C20H29F3N6O/c1-14-16(15(2)29-19(25-14)26-18(27-29)20(21,22)23)8-9-17(30)24-10-7-13-28-11-5-3-4-6-12-28/h3-13H2,1-2H3,(H,24,30). The van der Waals surface area contributed by atoms with E-state index in [0.29, 0.717) is 24.4 Å². The molecule has 10 heteroatoms. The smallest absolute Gasteiger partial charge is 0.356 e. The van der Waals surface area contributed by atoms with E-state index in [1.807, 2.05) is 0 Å². The molecule has 0 aliphatic carbocycles. The number of aryl methyl sites for hydroxylation is 2. The summed E-state index contributed by atoms with van der Waals surface area (Å²) in [6.45, 7) is 7.28. The first-order valence-corrected chi connectivity index (χ1v) is 10.5. The zero-order chi connectivity index (χ0) is 21.7. The monoisotopic (exact) mass is 426 g/mol. The van der Waals surface area contributed by atoms with Crippen molar-refractivity contribution in [3.05, 3.63) is 22.8 Å². The molecule has 1 aliphatic heterocycles. The van der Waals surface area contributed by atoms with Gasteiger partial charge in [0.1, 0.15) is 0 Å². The van der Waals surface area contributed by atoms with Crippen LogP contribution in [-0.2, 0) is 17.4 Å². The zero-order valence-electron chi connectivity index (χ0n) is 17.6. The Morgan fingerprint density at radius 2 is 1.80 bits per heavy atom. The molecular formula is C20H29F3N6O. The predicted molar refractivity (Wildman–Crippen MR) is 106 cm³/mol. The highest BCUT2D eigenvalue weighted by atomic mass is 19.4. The molecule has 0 aromatic carbocycles. The molecule has 0 radical (unpaired) electrons. The number of hydrogen-bond acceptors (Lipinski definition) is 5. The average Bonchev–Trinajstić information content (AvgIpc) is 2.95. The van der Waals surface area contributed by atoms with Crippen LogP contribution in [0.15, 0.2) is 0 Å². The van der Waals surface area contributed by atoms with Crippen molar-refractivity contribution >= 4 is 11.7 Å². The number of nitrogens with one attached hydrogen (secondary N) is 1. The van der Waals surface area contributed by atoms with Gasteiger partial charge >= 0.3 is 6.18 Å². The average molecular weight is 426 g/mol. The molecule has 0 bridgehead atoms. The minimum absolute atomic E-state index is 0.0701. The lowest BCUT2D eigenvalue weighted by molar-refractivity contribution is -0.144. The number of carbonyl (C=O) groups excluding carboxylic acids is 1. The predicted octanol–water partition coefficient (Wildman–Crippen LogP) is 3.07. The maximum atomic E-state index is 12.9. The third-order valence-electron chi connectivity index (χ3n) is 5.58. The van der Waals surface area contributed by atoms with Crippen LogP contribution in [0, 0.1) is 13.8 Å². The maximum Gasteiger partial charge on any atom is 0.453 e. The van der Waals surface area contributed by atoms with Gasteiger partial charge in [0.05, 0.1) is 0 Å². The van der Waals surface area contributed by atoms with E-state index in [0.717, 1.165) is 36.1 Å². The zero-order valence-corrected chi connectivity index (χ0v) is 17.6. The van der Waals surface area contributed by atoms with Crippen molar-refractivity contribution in [1.29, 1.82) is 0 Å². The number of fused-ring (bicyclic) bond motifs is 1. The molecule has 2 aromatic rings. The lowest BCUT2D eigenvalue weighted by Gasteiger charge is -2.19. The van der Waals surface area contributed by atoms with Crippen LogP contribution in [0.4, 0.5) is 13.2 Å². The normalized spacial score (nSPS) is 16.0. The minimum atomic E-state index is -4.62. The molecule has 166 valence electrons. The fraction of sp³-hybridized carbons (Fsp3) is 0.700. The molecule has 7 nitrogen and oxygen atoms in total. The van der Waals surface area contributed by atoms with Gasteiger partial charge in [-0.3, -0.25) is 4.79 Å². The molecule has 0 unspecified atom stereocenters. The Labute approximate surface area is 174 Å². The number of rotatable bonds is 7. The molecular weight excluding hydrogens is 397 g/mol. The number of alkyl halides is 3. The minimum Gasteiger partial charge on any atom is -0.356 e. The summed E-state index contributed by atoms with van der Waals surface area (Å²) in [6.07, 6.45) is 2.04. The van der Waals surface area contributed by atoms with Gasteiger partial charge in [-0.2, -0.15) is 18.2 Å². The van der Waals surface area contributed by atoms with Crippen molar-refractivity contribution in [2.24, 2.45) is 0 Å². The van der Waals surface area contributed by atoms with Crippen molar-refractivity contribution < 1.29 is 18.0 Å². The van der Waals surface area contributed by atoms with Gasteiger partial charge in [0, 0.05) is 24.4 Å². The number of amides is 1. The van der Waals surface area contributed by atoms with Crippen LogP contribution in [0.1, 0.15) is 61.3 Å². The molecule has 30 heavy (non-hydrogen) atoms. The van der Waals surface area contributed by atoms with Gasteiger partial charge in [-0.25, -0.2) is 9.50 Å². The van der Waals surface area contributed by atoms with E-state index in [2.05, 4.69) is 25.3 Å². The molecule has 1 saturated heterocycles. The quantitative estimate of drug-likeness (QED) is 0.689. The van der Waals surface area contributed by atoms with Crippen molar-refractivity contribution in [1.82, 2.24) is 29.8 Å². The lowest BCUT2D eigenvalue weighted by atomic mass is 10.1. The van der Waals surface area contributed by atoms with Crippen molar-refractivity contribution in [2.75, 3.05) is 26.2 Å². The summed E-state index contributed by atoms with van der Waals surface area (Å²) in [6, 6.07) is 0. The Bertz CT molecular complexity index is 872. The number of carbonyl (C=O) groups is 1. The van der Waals surface area contributed by atoms with Crippen LogP contribution in [0.5, 0.6) is 0 Å². The van der Waals surface area contributed by atoms with Gasteiger partial charge < -0.3 is 10.2 Å². The molecule has 1 N–H and O–H groups in total. The van der Waals surface area contributed by atoms with E-state index in [4.69, 9.17) is 0 Å². The SMILES string of the molecule is Cc1nc2nc(C(F)(F)F)nn2c(C)c1CCC(=O)NCCCN1CCCCCC1. The summed E-state index contributed by atoms with van der Waals surface area (Å²) in [7, 11) is 0. The van der Waals surface area contributed by atoms with E-state index in [1.54, 1.807) is 13.8 Å². The molecule has 0 spiro atoms. The molecule has 2 aromatic heterocycles.